The van der Waals surface area contributed by atoms with Crippen molar-refractivity contribution in [2.45, 2.75) is 0 Å². The van der Waals surface area contributed by atoms with E-state index in [1.165, 1.54) is 11.8 Å². The normalized spacial score (nSPS) is 11.2. The molecule has 0 aliphatic carbocycles. The zero-order valence-corrected chi connectivity index (χ0v) is 10.2. The van der Waals surface area contributed by atoms with Crippen LogP contribution in [0.25, 0.3) is 27.7 Å². The molecule has 4 rings (SSSR count). The summed E-state index contributed by atoms with van der Waals surface area (Å²) in [5, 5.41) is 1.20. The predicted octanol–water partition coefficient (Wildman–Crippen LogP) is 3.26. The van der Waals surface area contributed by atoms with Gasteiger partial charge in [-0.05, 0) is 18.2 Å². The summed E-state index contributed by atoms with van der Waals surface area (Å²) in [6.07, 6.45) is 3.53. The van der Waals surface area contributed by atoms with Gasteiger partial charge >= 0.3 is 0 Å². The number of rotatable bonds is 1. The van der Waals surface area contributed by atoms with Gasteiger partial charge in [0, 0.05) is 23.6 Å². The maximum absolute atomic E-state index is 5.37. The zero-order valence-electron chi connectivity index (χ0n) is 10.2. The third-order valence-electron chi connectivity index (χ3n) is 3.31. The third-order valence-corrected chi connectivity index (χ3v) is 3.31. The first-order chi connectivity index (χ1) is 9.43. The highest BCUT2D eigenvalue weighted by atomic mass is 16.3. The molecule has 0 aliphatic rings. The highest BCUT2D eigenvalue weighted by Crippen LogP contribution is 2.18. The number of oxazole rings is 1. The summed E-state index contributed by atoms with van der Waals surface area (Å²) in [5.74, 6) is 0. The molecule has 3 nitrogen and oxygen atoms in total. The van der Waals surface area contributed by atoms with E-state index in [-0.39, 0.29) is 0 Å². The van der Waals surface area contributed by atoms with Crippen LogP contribution in [-0.2, 0) is 0 Å². The van der Waals surface area contributed by atoms with E-state index in [9.17, 15) is 0 Å². The second-order valence-electron chi connectivity index (χ2n) is 4.41. The van der Waals surface area contributed by atoms with E-state index in [0.717, 1.165) is 22.3 Å². The molecule has 0 fully saturated rings. The summed E-state index contributed by atoms with van der Waals surface area (Å²) < 4.78 is 7.51. The predicted molar refractivity (Wildman–Crippen MR) is 73.0 cm³/mol. The van der Waals surface area contributed by atoms with Crippen LogP contribution in [0.3, 0.4) is 0 Å². The Labute approximate surface area is 109 Å². The molecule has 0 saturated heterocycles. The first-order valence-corrected chi connectivity index (χ1v) is 6.15. The summed E-state index contributed by atoms with van der Waals surface area (Å²) in [6.45, 7) is 0. The van der Waals surface area contributed by atoms with Crippen molar-refractivity contribution in [3.8, 4) is 5.69 Å². The maximum atomic E-state index is 5.37. The lowest BCUT2D eigenvalue weighted by Crippen LogP contribution is -2.31. The van der Waals surface area contributed by atoms with Crippen LogP contribution in [0, 0.1) is 0 Å². The molecular formula is C16H11N2O+. The minimum Gasteiger partial charge on any atom is -0.443 e. The Bertz CT molecular complexity index is 875. The minimum atomic E-state index is 0.804. The van der Waals surface area contributed by atoms with Gasteiger partial charge in [-0.3, -0.25) is 0 Å². The Morgan fingerprint density at radius 1 is 0.895 bits per heavy atom. The van der Waals surface area contributed by atoms with Gasteiger partial charge in [-0.1, -0.05) is 18.2 Å². The molecule has 0 amide bonds. The van der Waals surface area contributed by atoms with Crippen LogP contribution in [0.4, 0.5) is 0 Å². The monoisotopic (exact) mass is 247 g/mol. The molecule has 0 bridgehead atoms. The molecule has 2 aromatic carbocycles. The molecule has 2 heterocycles. The van der Waals surface area contributed by atoms with Gasteiger partial charge in [-0.15, -0.1) is 0 Å². The Balaban J connectivity index is 2.12. The van der Waals surface area contributed by atoms with Gasteiger partial charge in [0.1, 0.15) is 0 Å². The molecule has 0 unspecified atom stereocenters. The van der Waals surface area contributed by atoms with Crippen molar-refractivity contribution in [1.82, 2.24) is 4.98 Å². The second-order valence-corrected chi connectivity index (χ2v) is 4.41. The van der Waals surface area contributed by atoms with Crippen molar-refractivity contribution in [3.63, 3.8) is 0 Å². The van der Waals surface area contributed by atoms with E-state index in [1.54, 1.807) is 0 Å². The average molecular weight is 247 g/mol. The van der Waals surface area contributed by atoms with Crippen molar-refractivity contribution < 1.29 is 8.98 Å². The standard InChI is InChI=1S/C16H11N2O/c1-2-7-13-12(5-1)6-4-10-18(13)14-8-3-9-15-16(14)17-11-19-15/h1-11H/q+1. The van der Waals surface area contributed by atoms with E-state index < -0.39 is 0 Å². The topological polar surface area (TPSA) is 29.9 Å². The fourth-order valence-corrected chi connectivity index (χ4v) is 2.44. The van der Waals surface area contributed by atoms with Gasteiger partial charge in [0.25, 0.3) is 0 Å². The van der Waals surface area contributed by atoms with E-state index in [2.05, 4.69) is 33.8 Å². The van der Waals surface area contributed by atoms with E-state index in [1.807, 2.05) is 36.5 Å². The number of aromatic nitrogens is 2. The highest BCUT2D eigenvalue weighted by Gasteiger charge is 2.16. The fraction of sp³-hybridized carbons (Fsp3) is 0. The maximum Gasteiger partial charge on any atom is 0.240 e. The number of fused-ring (bicyclic) bond motifs is 2. The van der Waals surface area contributed by atoms with Gasteiger partial charge in [0.15, 0.2) is 23.7 Å². The van der Waals surface area contributed by atoms with Gasteiger partial charge in [-0.25, -0.2) is 4.98 Å². The molecule has 4 aromatic rings. The smallest absolute Gasteiger partial charge is 0.240 e. The molecule has 2 aromatic heterocycles. The molecule has 0 saturated carbocycles. The van der Waals surface area contributed by atoms with Gasteiger partial charge < -0.3 is 4.42 Å². The molecule has 3 heteroatoms. The van der Waals surface area contributed by atoms with Crippen LogP contribution in [0.15, 0.2) is 71.6 Å². The Kier molecular flexibility index (Phi) is 2.12. The van der Waals surface area contributed by atoms with Gasteiger partial charge in [-0.2, -0.15) is 4.57 Å². The SMILES string of the molecule is c1ccc2c(c1)ccc[n+]2-c1cccc2ocnc12. The van der Waals surface area contributed by atoms with Crippen molar-refractivity contribution in [2.24, 2.45) is 0 Å². The number of hydrogen-bond acceptors (Lipinski definition) is 2. The van der Waals surface area contributed by atoms with Crippen molar-refractivity contribution in [1.29, 1.82) is 0 Å². The van der Waals surface area contributed by atoms with Crippen LogP contribution in [-0.4, -0.2) is 4.98 Å². The Morgan fingerprint density at radius 2 is 1.79 bits per heavy atom. The Hall–Kier alpha value is -2.68. The van der Waals surface area contributed by atoms with Gasteiger partial charge in [0.05, 0.1) is 0 Å². The third kappa shape index (κ3) is 1.52. The number of para-hydroxylation sites is 2. The molecule has 0 radical (unpaired) electrons. The van der Waals surface area contributed by atoms with Crippen molar-refractivity contribution in [2.75, 3.05) is 0 Å². The van der Waals surface area contributed by atoms with Crippen LogP contribution >= 0.6 is 0 Å². The van der Waals surface area contributed by atoms with E-state index in [4.69, 9.17) is 4.42 Å². The number of nitrogens with zero attached hydrogens (tertiary/aromatic N) is 2. The second kappa shape index (κ2) is 3.92. The van der Waals surface area contributed by atoms with Crippen LogP contribution in [0.2, 0.25) is 0 Å². The summed E-state index contributed by atoms with van der Waals surface area (Å²) in [4.78, 5) is 4.31. The van der Waals surface area contributed by atoms with Crippen molar-refractivity contribution in [3.05, 3.63) is 67.2 Å². The summed E-state index contributed by atoms with van der Waals surface area (Å²) in [5.41, 5.74) is 3.87. The molecule has 0 atom stereocenters. The lowest BCUT2D eigenvalue weighted by atomic mass is 10.2. The summed E-state index contributed by atoms with van der Waals surface area (Å²) >= 11 is 0. The molecule has 0 N–H and O–H groups in total. The average Bonchev–Trinajstić information content (AvgIpc) is 2.95. The van der Waals surface area contributed by atoms with Crippen LogP contribution in [0.5, 0.6) is 0 Å². The zero-order chi connectivity index (χ0) is 12.7. The van der Waals surface area contributed by atoms with Crippen molar-refractivity contribution >= 4 is 22.0 Å². The lowest BCUT2D eigenvalue weighted by molar-refractivity contribution is -0.565. The van der Waals surface area contributed by atoms with Crippen LogP contribution < -0.4 is 4.57 Å². The molecule has 19 heavy (non-hydrogen) atoms. The number of benzene rings is 2. The summed E-state index contributed by atoms with van der Waals surface area (Å²) in [7, 11) is 0. The molecular weight excluding hydrogens is 236 g/mol. The molecule has 0 aliphatic heterocycles. The molecule has 0 spiro atoms. The Morgan fingerprint density at radius 3 is 2.79 bits per heavy atom. The first kappa shape index (κ1) is 10.3. The number of pyridine rings is 1. The largest absolute Gasteiger partial charge is 0.443 e. The number of hydrogen-bond donors (Lipinski definition) is 0. The minimum absolute atomic E-state index is 0.804. The molecule has 90 valence electrons. The first-order valence-electron chi connectivity index (χ1n) is 6.15. The fourth-order valence-electron chi connectivity index (χ4n) is 2.44. The van der Waals surface area contributed by atoms with Gasteiger partial charge in [0.2, 0.25) is 11.2 Å². The lowest BCUT2D eigenvalue weighted by Gasteiger charge is -2.00. The summed E-state index contributed by atoms with van der Waals surface area (Å²) in [6, 6.07) is 18.4. The van der Waals surface area contributed by atoms with E-state index in [0.29, 0.717) is 0 Å². The highest BCUT2D eigenvalue weighted by molar-refractivity contribution is 5.81. The quantitative estimate of drug-likeness (QED) is 0.483. The van der Waals surface area contributed by atoms with Crippen LogP contribution in [0.1, 0.15) is 0 Å². The van der Waals surface area contributed by atoms with E-state index >= 15 is 0 Å².